The summed E-state index contributed by atoms with van der Waals surface area (Å²) in [5.74, 6) is 0.952. The van der Waals surface area contributed by atoms with Gasteiger partial charge in [0.15, 0.2) is 0 Å². The summed E-state index contributed by atoms with van der Waals surface area (Å²) < 4.78 is 23.3. The molecule has 2 heteroatoms. The van der Waals surface area contributed by atoms with E-state index in [0.29, 0.717) is 18.3 Å². The van der Waals surface area contributed by atoms with Crippen LogP contribution in [0.25, 0.3) is 0 Å². The molecule has 0 aromatic heterocycles. The number of hydrogen-bond acceptors (Lipinski definition) is 0. The highest BCUT2D eigenvalue weighted by Gasteiger charge is 2.10. The minimum Gasteiger partial charge on any atom is -0.211 e. The summed E-state index contributed by atoms with van der Waals surface area (Å²) in [5.41, 5.74) is 0. The molecule has 0 saturated heterocycles. The van der Waals surface area contributed by atoms with E-state index in [2.05, 4.69) is 13.8 Å². The van der Waals surface area contributed by atoms with Crippen LogP contribution >= 0.6 is 0 Å². The van der Waals surface area contributed by atoms with Gasteiger partial charge in [-0.05, 0) is 18.3 Å². The Hall–Kier alpha value is -0.140. The van der Waals surface area contributed by atoms with Crippen LogP contribution in [0.3, 0.4) is 0 Å². The van der Waals surface area contributed by atoms with Gasteiger partial charge in [0.1, 0.15) is 0 Å². The lowest BCUT2D eigenvalue weighted by Gasteiger charge is -2.14. The standard InChI is InChI=1S/C8H16F2/c1-6(2)7(3)4-5-8(9)10/h6-8H,4-5H2,1-3H3/t7-/m0/s1. The van der Waals surface area contributed by atoms with E-state index in [9.17, 15) is 8.78 Å². The van der Waals surface area contributed by atoms with E-state index < -0.39 is 6.43 Å². The normalized spacial score (nSPS) is 14.7. The first kappa shape index (κ1) is 9.86. The van der Waals surface area contributed by atoms with Crippen LogP contribution in [-0.4, -0.2) is 6.43 Å². The summed E-state index contributed by atoms with van der Waals surface area (Å²) in [7, 11) is 0. The van der Waals surface area contributed by atoms with E-state index in [4.69, 9.17) is 0 Å². The molecule has 0 aliphatic carbocycles. The zero-order valence-electron chi connectivity index (χ0n) is 6.90. The number of halogens is 2. The van der Waals surface area contributed by atoms with Crippen molar-refractivity contribution in [2.75, 3.05) is 0 Å². The lowest BCUT2D eigenvalue weighted by Crippen LogP contribution is -2.05. The fourth-order valence-electron chi connectivity index (χ4n) is 0.722. The molecule has 0 amide bonds. The molecule has 0 rings (SSSR count). The first-order valence-electron chi connectivity index (χ1n) is 3.82. The van der Waals surface area contributed by atoms with Crippen molar-refractivity contribution in [2.45, 2.75) is 40.0 Å². The van der Waals surface area contributed by atoms with Crippen LogP contribution in [0.15, 0.2) is 0 Å². The van der Waals surface area contributed by atoms with Crippen LogP contribution in [-0.2, 0) is 0 Å². The Bertz CT molecular complexity index is 79.3. The summed E-state index contributed by atoms with van der Waals surface area (Å²) in [6.45, 7) is 6.15. The molecule has 0 bridgehead atoms. The monoisotopic (exact) mass is 150 g/mol. The average molecular weight is 150 g/mol. The van der Waals surface area contributed by atoms with Crippen molar-refractivity contribution in [3.8, 4) is 0 Å². The van der Waals surface area contributed by atoms with E-state index in [1.165, 1.54) is 0 Å². The predicted octanol–water partition coefficient (Wildman–Crippen LogP) is 3.32. The van der Waals surface area contributed by atoms with Gasteiger partial charge in [0.2, 0.25) is 6.43 Å². The molecule has 0 aromatic carbocycles. The smallest absolute Gasteiger partial charge is 0.211 e. The molecule has 0 aromatic rings. The van der Waals surface area contributed by atoms with Gasteiger partial charge in [0, 0.05) is 6.42 Å². The summed E-state index contributed by atoms with van der Waals surface area (Å²) in [6, 6.07) is 0. The second-order valence-corrected chi connectivity index (χ2v) is 3.19. The highest BCUT2D eigenvalue weighted by molar-refractivity contribution is 4.57. The number of rotatable bonds is 4. The second-order valence-electron chi connectivity index (χ2n) is 3.19. The van der Waals surface area contributed by atoms with Gasteiger partial charge in [-0.1, -0.05) is 20.8 Å². The third-order valence-corrected chi connectivity index (χ3v) is 1.98. The summed E-state index contributed by atoms with van der Waals surface area (Å²) >= 11 is 0. The van der Waals surface area contributed by atoms with Gasteiger partial charge < -0.3 is 0 Å². The van der Waals surface area contributed by atoms with Crippen LogP contribution in [0.5, 0.6) is 0 Å². The molecule has 1 atom stereocenters. The minimum absolute atomic E-state index is 0.0549. The topological polar surface area (TPSA) is 0 Å². The maximum absolute atomic E-state index is 11.7. The zero-order valence-corrected chi connectivity index (χ0v) is 6.90. The van der Waals surface area contributed by atoms with E-state index >= 15 is 0 Å². The molecule has 0 heterocycles. The van der Waals surface area contributed by atoms with Crippen LogP contribution in [0.1, 0.15) is 33.6 Å². The second kappa shape index (κ2) is 4.64. The fraction of sp³-hybridized carbons (Fsp3) is 1.00. The minimum atomic E-state index is -2.12. The molecule has 0 spiro atoms. The van der Waals surface area contributed by atoms with Gasteiger partial charge in [-0.15, -0.1) is 0 Å². The Morgan fingerprint density at radius 1 is 1.00 bits per heavy atom. The summed E-state index contributed by atoms with van der Waals surface area (Å²) in [6.07, 6.45) is -1.42. The lowest BCUT2D eigenvalue weighted by atomic mass is 9.93. The van der Waals surface area contributed by atoms with Crippen molar-refractivity contribution in [1.29, 1.82) is 0 Å². The van der Waals surface area contributed by atoms with Crippen molar-refractivity contribution < 1.29 is 8.78 Å². The highest BCUT2D eigenvalue weighted by Crippen LogP contribution is 2.18. The molecule has 0 N–H and O–H groups in total. The van der Waals surface area contributed by atoms with Gasteiger partial charge in [0.05, 0.1) is 0 Å². The molecule has 0 unspecified atom stereocenters. The first-order chi connectivity index (χ1) is 4.54. The van der Waals surface area contributed by atoms with Gasteiger partial charge in [0.25, 0.3) is 0 Å². The molecule has 0 fully saturated rings. The van der Waals surface area contributed by atoms with Crippen molar-refractivity contribution >= 4 is 0 Å². The predicted molar refractivity (Wildman–Crippen MR) is 39.2 cm³/mol. The molecule has 0 saturated carbocycles. The Morgan fingerprint density at radius 2 is 1.50 bits per heavy atom. The Balaban J connectivity index is 3.30. The van der Waals surface area contributed by atoms with Crippen LogP contribution in [0.2, 0.25) is 0 Å². The van der Waals surface area contributed by atoms with E-state index in [-0.39, 0.29) is 6.42 Å². The Kier molecular flexibility index (Phi) is 4.58. The number of alkyl halides is 2. The fourth-order valence-corrected chi connectivity index (χ4v) is 0.722. The van der Waals surface area contributed by atoms with E-state index in [1.807, 2.05) is 6.92 Å². The summed E-state index contributed by atoms with van der Waals surface area (Å²) in [5, 5.41) is 0. The third-order valence-electron chi connectivity index (χ3n) is 1.98. The quantitative estimate of drug-likeness (QED) is 0.576. The van der Waals surface area contributed by atoms with Crippen LogP contribution in [0.4, 0.5) is 8.78 Å². The maximum atomic E-state index is 11.7. The summed E-state index contributed by atoms with van der Waals surface area (Å²) in [4.78, 5) is 0. The van der Waals surface area contributed by atoms with E-state index in [0.717, 1.165) is 0 Å². The Morgan fingerprint density at radius 3 is 1.80 bits per heavy atom. The highest BCUT2D eigenvalue weighted by atomic mass is 19.3. The van der Waals surface area contributed by atoms with E-state index in [1.54, 1.807) is 0 Å². The van der Waals surface area contributed by atoms with Gasteiger partial charge in [-0.2, -0.15) is 0 Å². The lowest BCUT2D eigenvalue weighted by molar-refractivity contribution is 0.125. The van der Waals surface area contributed by atoms with Gasteiger partial charge in [-0.3, -0.25) is 0 Å². The molecule has 0 aliphatic heterocycles. The molecular weight excluding hydrogens is 134 g/mol. The SMILES string of the molecule is CC(C)[C@@H](C)CCC(F)F. The maximum Gasteiger partial charge on any atom is 0.238 e. The molecule has 10 heavy (non-hydrogen) atoms. The first-order valence-corrected chi connectivity index (χ1v) is 3.82. The largest absolute Gasteiger partial charge is 0.238 e. The molecule has 0 aliphatic rings. The zero-order chi connectivity index (χ0) is 8.15. The number of hydrogen-bond donors (Lipinski definition) is 0. The van der Waals surface area contributed by atoms with Crippen LogP contribution < -0.4 is 0 Å². The molecule has 0 nitrogen and oxygen atoms in total. The van der Waals surface area contributed by atoms with Gasteiger partial charge in [-0.25, -0.2) is 8.78 Å². The molecule has 0 radical (unpaired) electrons. The van der Waals surface area contributed by atoms with Crippen molar-refractivity contribution in [1.82, 2.24) is 0 Å². The average Bonchev–Trinajstić information content (AvgIpc) is 1.82. The van der Waals surface area contributed by atoms with Crippen LogP contribution in [0, 0.1) is 11.8 Å². The van der Waals surface area contributed by atoms with Crippen molar-refractivity contribution in [2.24, 2.45) is 11.8 Å². The molecular formula is C8H16F2. The van der Waals surface area contributed by atoms with Crippen molar-refractivity contribution in [3.05, 3.63) is 0 Å². The Labute approximate surface area is 61.6 Å². The molecule has 62 valence electrons. The van der Waals surface area contributed by atoms with Crippen molar-refractivity contribution in [3.63, 3.8) is 0 Å². The van der Waals surface area contributed by atoms with Gasteiger partial charge >= 0.3 is 0 Å². The third kappa shape index (κ3) is 4.71.